The van der Waals surface area contributed by atoms with Crippen LogP contribution in [0.4, 0.5) is 5.69 Å². The normalized spacial score (nSPS) is 11.1. The number of nitrogens with one attached hydrogen (secondary N) is 1. The highest BCUT2D eigenvalue weighted by Crippen LogP contribution is 2.27. The first-order valence-electron chi connectivity index (χ1n) is 10.7. The maximum Gasteiger partial charge on any atom is 0.264 e. The Bertz CT molecular complexity index is 1310. The number of nitrogens with zero attached hydrogens (tertiary/aromatic N) is 2. The SMILES string of the molecule is C=CCOc1ccc(/C=N\NC(=O)CN(c2cccc(C)c2)S(=O)(=O)c2ccccc2)cc1OC. The molecule has 0 unspecified atom stereocenters. The number of hydrogen-bond donors (Lipinski definition) is 1. The van der Waals surface area contributed by atoms with Gasteiger partial charge in [-0.2, -0.15) is 5.10 Å². The molecule has 0 spiro atoms. The van der Waals surface area contributed by atoms with Gasteiger partial charge in [-0.25, -0.2) is 13.8 Å². The van der Waals surface area contributed by atoms with Gasteiger partial charge in [0.25, 0.3) is 15.9 Å². The fraction of sp³-hybridized carbons (Fsp3) is 0.154. The van der Waals surface area contributed by atoms with Crippen LogP contribution in [0.3, 0.4) is 0 Å². The summed E-state index contributed by atoms with van der Waals surface area (Å²) in [6, 6.07) is 20.1. The zero-order valence-electron chi connectivity index (χ0n) is 19.5. The fourth-order valence-electron chi connectivity index (χ4n) is 3.19. The number of carbonyl (C=O) groups excluding carboxylic acids is 1. The Morgan fingerprint density at radius 1 is 1.06 bits per heavy atom. The molecule has 0 aromatic heterocycles. The van der Waals surface area contributed by atoms with Crippen molar-refractivity contribution in [3.8, 4) is 11.5 Å². The van der Waals surface area contributed by atoms with Gasteiger partial charge in [0, 0.05) is 0 Å². The van der Waals surface area contributed by atoms with Gasteiger partial charge >= 0.3 is 0 Å². The highest BCUT2D eigenvalue weighted by atomic mass is 32.2. The van der Waals surface area contributed by atoms with E-state index >= 15 is 0 Å². The number of methoxy groups -OCH3 is 1. The molecule has 182 valence electrons. The second-order valence-electron chi connectivity index (χ2n) is 7.47. The van der Waals surface area contributed by atoms with Crippen LogP contribution >= 0.6 is 0 Å². The molecule has 1 amide bonds. The van der Waals surface area contributed by atoms with E-state index in [9.17, 15) is 13.2 Å². The van der Waals surface area contributed by atoms with E-state index in [1.54, 1.807) is 60.7 Å². The second kappa shape index (κ2) is 11.8. The summed E-state index contributed by atoms with van der Waals surface area (Å²) in [6.45, 7) is 5.35. The van der Waals surface area contributed by atoms with E-state index in [-0.39, 0.29) is 4.90 Å². The van der Waals surface area contributed by atoms with E-state index in [4.69, 9.17) is 9.47 Å². The van der Waals surface area contributed by atoms with Gasteiger partial charge in [-0.15, -0.1) is 0 Å². The first-order valence-corrected chi connectivity index (χ1v) is 12.2. The number of rotatable bonds is 11. The van der Waals surface area contributed by atoms with Gasteiger partial charge < -0.3 is 9.47 Å². The van der Waals surface area contributed by atoms with Crippen molar-refractivity contribution in [1.82, 2.24) is 5.43 Å². The summed E-state index contributed by atoms with van der Waals surface area (Å²) in [7, 11) is -2.46. The predicted octanol–water partition coefficient (Wildman–Crippen LogP) is 3.91. The van der Waals surface area contributed by atoms with Crippen molar-refractivity contribution >= 4 is 27.8 Å². The first kappa shape index (κ1) is 25.5. The maximum absolute atomic E-state index is 13.3. The standard InChI is InChI=1S/C26H27N3O5S/c1-4-15-34-24-14-13-21(17-25(24)33-3)18-27-28-26(30)19-29(22-10-8-9-20(2)16-22)35(31,32)23-11-6-5-7-12-23/h4-14,16-18H,1,15,19H2,2-3H3,(H,28,30)/b27-18-. The Kier molecular flexibility index (Phi) is 8.63. The van der Waals surface area contributed by atoms with Crippen LogP contribution in [0.25, 0.3) is 0 Å². The lowest BCUT2D eigenvalue weighted by Crippen LogP contribution is -2.39. The maximum atomic E-state index is 13.3. The molecule has 0 radical (unpaired) electrons. The van der Waals surface area contributed by atoms with Gasteiger partial charge in [-0.3, -0.25) is 9.10 Å². The van der Waals surface area contributed by atoms with Gasteiger partial charge in [0.1, 0.15) is 13.2 Å². The monoisotopic (exact) mass is 493 g/mol. The molecule has 9 heteroatoms. The molecule has 1 N–H and O–H groups in total. The van der Waals surface area contributed by atoms with Crippen LogP contribution < -0.4 is 19.2 Å². The highest BCUT2D eigenvalue weighted by Gasteiger charge is 2.27. The minimum Gasteiger partial charge on any atom is -0.493 e. The zero-order valence-corrected chi connectivity index (χ0v) is 20.4. The molecule has 0 aliphatic heterocycles. The summed E-state index contributed by atoms with van der Waals surface area (Å²) in [4.78, 5) is 12.8. The predicted molar refractivity (Wildman–Crippen MR) is 137 cm³/mol. The zero-order chi connectivity index (χ0) is 25.3. The minimum absolute atomic E-state index is 0.0867. The third-order valence-corrected chi connectivity index (χ3v) is 6.64. The van der Waals surface area contributed by atoms with E-state index in [2.05, 4.69) is 17.1 Å². The molecule has 35 heavy (non-hydrogen) atoms. The summed E-state index contributed by atoms with van der Waals surface area (Å²) >= 11 is 0. The minimum atomic E-state index is -3.98. The molecular weight excluding hydrogens is 466 g/mol. The molecule has 0 aliphatic rings. The molecule has 8 nitrogen and oxygen atoms in total. The van der Waals surface area contributed by atoms with E-state index in [0.29, 0.717) is 29.4 Å². The summed E-state index contributed by atoms with van der Waals surface area (Å²) < 4.78 is 38.6. The van der Waals surface area contributed by atoms with Crippen molar-refractivity contribution in [3.05, 3.63) is 96.6 Å². The number of amides is 1. The Balaban J connectivity index is 1.77. The van der Waals surface area contributed by atoms with Crippen molar-refractivity contribution in [2.75, 3.05) is 24.6 Å². The number of sulfonamides is 1. The third-order valence-electron chi connectivity index (χ3n) is 4.86. The lowest BCUT2D eigenvalue weighted by Gasteiger charge is -2.24. The van der Waals surface area contributed by atoms with E-state index in [0.717, 1.165) is 9.87 Å². The molecule has 0 bridgehead atoms. The van der Waals surface area contributed by atoms with Crippen molar-refractivity contribution in [3.63, 3.8) is 0 Å². The Morgan fingerprint density at radius 2 is 1.83 bits per heavy atom. The second-order valence-corrected chi connectivity index (χ2v) is 9.33. The molecule has 3 rings (SSSR count). The molecule has 3 aromatic carbocycles. The summed E-state index contributed by atoms with van der Waals surface area (Å²) in [6.07, 6.45) is 3.06. The van der Waals surface area contributed by atoms with Crippen LogP contribution in [0.15, 0.2) is 95.4 Å². The number of hydrazone groups is 1. The van der Waals surface area contributed by atoms with Crippen LogP contribution in [0.2, 0.25) is 0 Å². The molecular formula is C26H27N3O5S. The Morgan fingerprint density at radius 3 is 2.51 bits per heavy atom. The summed E-state index contributed by atoms with van der Waals surface area (Å²) in [5.41, 5.74) is 4.30. The number of anilines is 1. The highest BCUT2D eigenvalue weighted by molar-refractivity contribution is 7.92. The van der Waals surface area contributed by atoms with Gasteiger partial charge in [0.15, 0.2) is 11.5 Å². The number of aryl methyl sites for hydroxylation is 1. The van der Waals surface area contributed by atoms with Gasteiger partial charge in [-0.1, -0.05) is 43.0 Å². The molecule has 3 aromatic rings. The largest absolute Gasteiger partial charge is 0.493 e. The third kappa shape index (κ3) is 6.70. The molecule has 0 aliphatic carbocycles. The molecule has 0 fully saturated rings. The smallest absolute Gasteiger partial charge is 0.264 e. The Labute approximate surface area is 205 Å². The average Bonchev–Trinajstić information content (AvgIpc) is 2.86. The van der Waals surface area contributed by atoms with Crippen LogP contribution in [-0.4, -0.2) is 40.8 Å². The van der Waals surface area contributed by atoms with Gasteiger partial charge in [0.2, 0.25) is 0 Å². The van der Waals surface area contributed by atoms with Crippen LogP contribution in [0.5, 0.6) is 11.5 Å². The quantitative estimate of drug-likeness (QED) is 0.248. The summed E-state index contributed by atoms with van der Waals surface area (Å²) in [5, 5.41) is 3.97. The van der Waals surface area contributed by atoms with Crippen LogP contribution in [0, 0.1) is 6.92 Å². The summed E-state index contributed by atoms with van der Waals surface area (Å²) in [5.74, 6) is 0.454. The van der Waals surface area contributed by atoms with E-state index in [1.807, 2.05) is 13.0 Å². The van der Waals surface area contributed by atoms with Gasteiger partial charge in [-0.05, 0) is 60.5 Å². The first-order chi connectivity index (χ1) is 16.8. The van der Waals surface area contributed by atoms with Crippen molar-refractivity contribution < 1.29 is 22.7 Å². The lowest BCUT2D eigenvalue weighted by atomic mass is 10.2. The molecule has 0 heterocycles. The molecule has 0 saturated carbocycles. The van der Waals surface area contributed by atoms with Crippen molar-refractivity contribution in [1.29, 1.82) is 0 Å². The number of ether oxygens (including phenoxy) is 2. The fourth-order valence-corrected chi connectivity index (χ4v) is 4.63. The van der Waals surface area contributed by atoms with Crippen molar-refractivity contribution in [2.45, 2.75) is 11.8 Å². The molecule has 0 saturated heterocycles. The number of carbonyl (C=O) groups is 1. The van der Waals surface area contributed by atoms with E-state index in [1.165, 1.54) is 25.5 Å². The Hall–Kier alpha value is -4.11. The van der Waals surface area contributed by atoms with Crippen molar-refractivity contribution in [2.24, 2.45) is 5.10 Å². The average molecular weight is 494 g/mol. The number of benzene rings is 3. The topological polar surface area (TPSA) is 97.3 Å². The van der Waals surface area contributed by atoms with Crippen LogP contribution in [0.1, 0.15) is 11.1 Å². The van der Waals surface area contributed by atoms with Gasteiger partial charge in [0.05, 0.1) is 23.9 Å². The van der Waals surface area contributed by atoms with Crippen LogP contribution in [-0.2, 0) is 14.8 Å². The number of hydrogen-bond acceptors (Lipinski definition) is 6. The lowest BCUT2D eigenvalue weighted by molar-refractivity contribution is -0.119. The van der Waals surface area contributed by atoms with E-state index < -0.39 is 22.5 Å². The molecule has 0 atom stereocenters.